The molecule has 1 fully saturated rings. The standard InChI is InChI=1S/C9H11NO5/c1-9-4-3-5(15-9)6(8(11)14-2)7(9)10(12)13/h3-7H,1-2H3/t5-,6+,7-,9+/m1/s1. The number of hydrogen-bond donors (Lipinski definition) is 0. The lowest BCUT2D eigenvalue weighted by atomic mass is 9.82. The Morgan fingerprint density at radius 2 is 2.33 bits per heavy atom. The van der Waals surface area contributed by atoms with Crippen molar-refractivity contribution < 1.29 is 19.2 Å². The van der Waals surface area contributed by atoms with Crippen molar-refractivity contribution in [2.24, 2.45) is 5.92 Å². The molecule has 0 unspecified atom stereocenters. The fourth-order valence-corrected chi connectivity index (χ4v) is 2.29. The zero-order chi connectivity index (χ0) is 11.2. The second-order valence-electron chi connectivity index (χ2n) is 3.90. The Balaban J connectivity index is 2.36. The van der Waals surface area contributed by atoms with Crippen LogP contribution in [0.2, 0.25) is 0 Å². The fraction of sp³-hybridized carbons (Fsp3) is 0.667. The predicted octanol–water partition coefficient (Wildman–Crippen LogP) is 0.148. The third-order valence-electron chi connectivity index (χ3n) is 2.99. The molecule has 4 atom stereocenters. The molecule has 0 aromatic carbocycles. The molecular weight excluding hydrogens is 202 g/mol. The van der Waals surface area contributed by atoms with Crippen LogP contribution in [0.25, 0.3) is 0 Å². The highest BCUT2D eigenvalue weighted by Crippen LogP contribution is 2.44. The van der Waals surface area contributed by atoms with Crippen LogP contribution in [0, 0.1) is 16.0 Å². The number of rotatable bonds is 2. The van der Waals surface area contributed by atoms with E-state index < -0.39 is 34.6 Å². The van der Waals surface area contributed by atoms with Gasteiger partial charge in [0.25, 0.3) is 6.04 Å². The van der Waals surface area contributed by atoms with Gasteiger partial charge < -0.3 is 9.47 Å². The van der Waals surface area contributed by atoms with Gasteiger partial charge in [-0.2, -0.15) is 0 Å². The van der Waals surface area contributed by atoms with Crippen LogP contribution in [-0.2, 0) is 14.3 Å². The van der Waals surface area contributed by atoms with Crippen LogP contribution >= 0.6 is 0 Å². The summed E-state index contributed by atoms with van der Waals surface area (Å²) in [4.78, 5) is 21.9. The van der Waals surface area contributed by atoms with Gasteiger partial charge in [-0.15, -0.1) is 0 Å². The summed E-state index contributed by atoms with van der Waals surface area (Å²) >= 11 is 0. The Morgan fingerprint density at radius 1 is 1.67 bits per heavy atom. The summed E-state index contributed by atoms with van der Waals surface area (Å²) < 4.78 is 9.97. The van der Waals surface area contributed by atoms with Crippen molar-refractivity contribution in [1.82, 2.24) is 0 Å². The van der Waals surface area contributed by atoms with Crippen molar-refractivity contribution in [3.8, 4) is 0 Å². The number of carbonyl (C=O) groups is 1. The van der Waals surface area contributed by atoms with Gasteiger partial charge in [0.05, 0.1) is 13.2 Å². The lowest BCUT2D eigenvalue weighted by Crippen LogP contribution is -2.47. The van der Waals surface area contributed by atoms with Gasteiger partial charge in [0.2, 0.25) is 0 Å². The summed E-state index contributed by atoms with van der Waals surface area (Å²) in [6.07, 6.45) is 2.80. The SMILES string of the molecule is COC(=O)[C@H]1[C@H]2C=C[C@](C)(O2)[C@@H]1[N+](=O)[O-]. The average Bonchev–Trinajstić information content (AvgIpc) is 2.68. The van der Waals surface area contributed by atoms with Crippen LogP contribution in [0.15, 0.2) is 12.2 Å². The van der Waals surface area contributed by atoms with Crippen molar-refractivity contribution in [2.75, 3.05) is 7.11 Å². The largest absolute Gasteiger partial charge is 0.469 e. The van der Waals surface area contributed by atoms with Crippen molar-refractivity contribution >= 4 is 5.97 Å². The predicted molar refractivity (Wildman–Crippen MR) is 48.7 cm³/mol. The van der Waals surface area contributed by atoms with Gasteiger partial charge in [-0.1, -0.05) is 6.08 Å². The van der Waals surface area contributed by atoms with Crippen LogP contribution in [0.1, 0.15) is 6.92 Å². The molecule has 0 spiro atoms. The minimum Gasteiger partial charge on any atom is -0.469 e. The van der Waals surface area contributed by atoms with Crippen LogP contribution in [0.3, 0.4) is 0 Å². The Labute approximate surface area is 86.0 Å². The molecule has 0 radical (unpaired) electrons. The number of methoxy groups -OCH3 is 1. The lowest BCUT2D eigenvalue weighted by Gasteiger charge is -2.21. The monoisotopic (exact) mass is 213 g/mol. The molecule has 2 aliphatic heterocycles. The number of carbonyl (C=O) groups excluding carboxylic acids is 1. The molecule has 82 valence electrons. The fourth-order valence-electron chi connectivity index (χ4n) is 2.29. The molecule has 0 saturated carbocycles. The summed E-state index contributed by atoms with van der Waals surface area (Å²) in [5.41, 5.74) is -0.979. The number of fused-ring (bicyclic) bond motifs is 2. The highest BCUT2D eigenvalue weighted by molar-refractivity contribution is 5.75. The summed E-state index contributed by atoms with van der Waals surface area (Å²) in [7, 11) is 1.22. The molecule has 0 amide bonds. The summed E-state index contributed by atoms with van der Waals surface area (Å²) in [5.74, 6) is -1.42. The summed E-state index contributed by atoms with van der Waals surface area (Å²) in [6, 6.07) is -1.06. The van der Waals surface area contributed by atoms with E-state index in [1.807, 2.05) is 0 Å². The summed E-state index contributed by atoms with van der Waals surface area (Å²) in [6.45, 7) is 1.61. The number of nitrogens with zero attached hydrogens (tertiary/aromatic N) is 1. The van der Waals surface area contributed by atoms with Crippen LogP contribution in [-0.4, -0.2) is 35.7 Å². The van der Waals surface area contributed by atoms with Gasteiger partial charge in [-0.3, -0.25) is 14.9 Å². The third kappa shape index (κ3) is 1.25. The molecule has 15 heavy (non-hydrogen) atoms. The van der Waals surface area contributed by atoms with E-state index in [2.05, 4.69) is 4.74 Å². The average molecular weight is 213 g/mol. The Morgan fingerprint density at radius 3 is 2.87 bits per heavy atom. The molecule has 0 aromatic heterocycles. The molecule has 6 heteroatoms. The molecule has 0 aromatic rings. The zero-order valence-electron chi connectivity index (χ0n) is 8.38. The normalized spacial score (nSPS) is 41.9. The molecule has 2 bridgehead atoms. The number of hydrogen-bond acceptors (Lipinski definition) is 5. The van der Waals surface area contributed by atoms with Gasteiger partial charge in [0.1, 0.15) is 0 Å². The topological polar surface area (TPSA) is 78.7 Å². The van der Waals surface area contributed by atoms with Crippen molar-refractivity contribution in [2.45, 2.75) is 24.7 Å². The van der Waals surface area contributed by atoms with E-state index in [-0.39, 0.29) is 0 Å². The third-order valence-corrected chi connectivity index (χ3v) is 2.99. The molecular formula is C9H11NO5. The highest BCUT2D eigenvalue weighted by atomic mass is 16.6. The first-order valence-electron chi connectivity index (χ1n) is 4.58. The maximum Gasteiger partial charge on any atom is 0.318 e. The first-order chi connectivity index (χ1) is 6.99. The zero-order valence-corrected chi connectivity index (χ0v) is 8.38. The van der Waals surface area contributed by atoms with Gasteiger partial charge in [-0.05, 0) is 13.0 Å². The minimum atomic E-state index is -1.06. The van der Waals surface area contributed by atoms with E-state index in [0.717, 1.165) is 0 Å². The number of esters is 1. The molecule has 0 N–H and O–H groups in total. The van der Waals surface area contributed by atoms with Gasteiger partial charge in [0, 0.05) is 4.92 Å². The van der Waals surface area contributed by atoms with Gasteiger partial charge >= 0.3 is 5.97 Å². The van der Waals surface area contributed by atoms with Gasteiger partial charge in [0.15, 0.2) is 11.5 Å². The minimum absolute atomic E-state index is 0.467. The quantitative estimate of drug-likeness (QED) is 0.282. The first kappa shape index (κ1) is 10.1. The van der Waals surface area contributed by atoms with E-state index >= 15 is 0 Å². The van der Waals surface area contributed by atoms with Crippen LogP contribution in [0.5, 0.6) is 0 Å². The Kier molecular flexibility index (Phi) is 2.04. The molecule has 2 aliphatic rings. The maximum absolute atomic E-state index is 11.4. The maximum atomic E-state index is 11.4. The van der Waals surface area contributed by atoms with Crippen molar-refractivity contribution in [1.29, 1.82) is 0 Å². The smallest absolute Gasteiger partial charge is 0.318 e. The van der Waals surface area contributed by atoms with E-state index in [1.165, 1.54) is 7.11 Å². The first-order valence-corrected chi connectivity index (χ1v) is 4.58. The van der Waals surface area contributed by atoms with Crippen LogP contribution in [0.4, 0.5) is 0 Å². The molecule has 2 heterocycles. The molecule has 1 saturated heterocycles. The molecule has 6 nitrogen and oxygen atoms in total. The van der Waals surface area contributed by atoms with E-state index in [1.54, 1.807) is 19.1 Å². The second kappa shape index (κ2) is 3.03. The van der Waals surface area contributed by atoms with Crippen LogP contribution < -0.4 is 0 Å². The lowest BCUT2D eigenvalue weighted by molar-refractivity contribution is -0.538. The van der Waals surface area contributed by atoms with E-state index in [4.69, 9.17) is 4.74 Å². The Hall–Kier alpha value is -1.43. The summed E-state index contributed by atoms with van der Waals surface area (Å²) in [5, 5.41) is 10.9. The van der Waals surface area contributed by atoms with Gasteiger partial charge in [-0.25, -0.2) is 0 Å². The Bertz CT molecular complexity index is 352. The molecule has 0 aliphatic carbocycles. The molecule has 2 rings (SSSR count). The van der Waals surface area contributed by atoms with E-state index in [0.29, 0.717) is 0 Å². The number of ether oxygens (including phenoxy) is 2. The van der Waals surface area contributed by atoms with Crippen molar-refractivity contribution in [3.05, 3.63) is 22.3 Å². The number of nitro groups is 1. The van der Waals surface area contributed by atoms with E-state index in [9.17, 15) is 14.9 Å². The second-order valence-corrected chi connectivity index (χ2v) is 3.90. The van der Waals surface area contributed by atoms with Crippen molar-refractivity contribution in [3.63, 3.8) is 0 Å². The highest BCUT2D eigenvalue weighted by Gasteiger charge is 2.64.